The molecule has 1 fully saturated rings. The molecular formula is C16H19BrN2O. The summed E-state index contributed by atoms with van der Waals surface area (Å²) in [6.45, 7) is 3.31. The molecule has 1 aliphatic heterocycles. The Morgan fingerprint density at radius 2 is 2.25 bits per heavy atom. The molecule has 3 rings (SSSR count). The Kier molecular flexibility index (Phi) is 4.34. The molecule has 0 saturated carbocycles. The van der Waals surface area contributed by atoms with Crippen LogP contribution in [0.4, 0.5) is 0 Å². The van der Waals surface area contributed by atoms with Gasteiger partial charge in [0.1, 0.15) is 0 Å². The Labute approximate surface area is 127 Å². The molecule has 2 heterocycles. The average Bonchev–Trinajstić information content (AvgIpc) is 2.51. The van der Waals surface area contributed by atoms with Crippen LogP contribution in [0.5, 0.6) is 0 Å². The second-order valence-corrected chi connectivity index (χ2v) is 6.39. The molecule has 2 aromatic rings. The van der Waals surface area contributed by atoms with Gasteiger partial charge in [-0.1, -0.05) is 28.1 Å². The molecule has 1 unspecified atom stereocenters. The summed E-state index contributed by atoms with van der Waals surface area (Å²) < 4.78 is 1.09. The number of hydrogen-bond donors (Lipinski definition) is 1. The Bertz CT molecular complexity index is 602. The molecule has 1 aliphatic rings. The van der Waals surface area contributed by atoms with Gasteiger partial charge in [0, 0.05) is 35.8 Å². The quantitative estimate of drug-likeness (QED) is 0.936. The molecular weight excluding hydrogens is 316 g/mol. The highest BCUT2D eigenvalue weighted by Gasteiger charge is 2.20. The zero-order chi connectivity index (χ0) is 13.9. The number of aliphatic hydroxyl groups excluding tert-OH is 1. The smallest absolute Gasteiger partial charge is 0.0758 e. The van der Waals surface area contributed by atoms with Gasteiger partial charge in [0.05, 0.1) is 5.52 Å². The van der Waals surface area contributed by atoms with Crippen LogP contribution in [0.1, 0.15) is 18.4 Å². The molecule has 1 atom stereocenters. The Morgan fingerprint density at radius 3 is 3.10 bits per heavy atom. The Hall–Kier alpha value is -0.970. The second kappa shape index (κ2) is 6.20. The highest BCUT2D eigenvalue weighted by Crippen LogP contribution is 2.27. The number of likely N-dealkylation sites (tertiary alicyclic amines) is 1. The third-order valence-corrected chi connectivity index (χ3v) is 4.75. The van der Waals surface area contributed by atoms with E-state index in [1.54, 1.807) is 0 Å². The van der Waals surface area contributed by atoms with Crippen molar-refractivity contribution >= 4 is 26.8 Å². The predicted octanol–water partition coefficient (Wildman–Crippen LogP) is 3.20. The van der Waals surface area contributed by atoms with Crippen molar-refractivity contribution in [1.82, 2.24) is 9.88 Å². The van der Waals surface area contributed by atoms with Crippen LogP contribution in [0.25, 0.3) is 10.9 Å². The fourth-order valence-electron chi connectivity index (χ4n) is 3.01. The molecule has 3 nitrogen and oxygen atoms in total. The number of halogens is 1. The summed E-state index contributed by atoms with van der Waals surface area (Å²) in [5, 5.41) is 10.5. The highest BCUT2D eigenvalue weighted by atomic mass is 79.9. The van der Waals surface area contributed by atoms with Crippen molar-refractivity contribution in [3.8, 4) is 0 Å². The molecule has 1 saturated heterocycles. The third kappa shape index (κ3) is 2.87. The average molecular weight is 335 g/mol. The SMILES string of the molecule is OCC1CCCN(Cc2ccc(Br)c3cccnc23)C1. The van der Waals surface area contributed by atoms with Crippen LogP contribution in [0.15, 0.2) is 34.9 Å². The van der Waals surface area contributed by atoms with Crippen molar-refractivity contribution in [2.45, 2.75) is 19.4 Å². The van der Waals surface area contributed by atoms with Gasteiger partial charge in [-0.3, -0.25) is 9.88 Å². The van der Waals surface area contributed by atoms with Crippen molar-refractivity contribution in [3.05, 3.63) is 40.5 Å². The van der Waals surface area contributed by atoms with Crippen LogP contribution < -0.4 is 0 Å². The largest absolute Gasteiger partial charge is 0.396 e. The lowest BCUT2D eigenvalue weighted by Gasteiger charge is -2.31. The van der Waals surface area contributed by atoms with E-state index in [1.807, 2.05) is 12.3 Å². The number of piperidine rings is 1. The van der Waals surface area contributed by atoms with Crippen LogP contribution in [-0.4, -0.2) is 34.7 Å². The molecule has 0 radical (unpaired) electrons. The third-order valence-electron chi connectivity index (χ3n) is 4.06. The van der Waals surface area contributed by atoms with Crippen molar-refractivity contribution in [2.75, 3.05) is 19.7 Å². The number of fused-ring (bicyclic) bond motifs is 1. The van der Waals surface area contributed by atoms with Crippen LogP contribution in [-0.2, 0) is 6.54 Å². The minimum atomic E-state index is 0.301. The molecule has 106 valence electrons. The summed E-state index contributed by atoms with van der Waals surface area (Å²) in [6.07, 6.45) is 4.17. The first-order valence-electron chi connectivity index (χ1n) is 7.13. The summed E-state index contributed by atoms with van der Waals surface area (Å²) in [4.78, 5) is 6.97. The zero-order valence-electron chi connectivity index (χ0n) is 11.4. The molecule has 1 N–H and O–H groups in total. The van der Waals surface area contributed by atoms with Crippen molar-refractivity contribution < 1.29 is 5.11 Å². The summed E-state index contributed by atoms with van der Waals surface area (Å²) in [5.41, 5.74) is 2.34. The number of hydrogen-bond acceptors (Lipinski definition) is 3. The van der Waals surface area contributed by atoms with E-state index in [0.29, 0.717) is 12.5 Å². The highest BCUT2D eigenvalue weighted by molar-refractivity contribution is 9.10. The topological polar surface area (TPSA) is 36.4 Å². The van der Waals surface area contributed by atoms with Gasteiger partial charge < -0.3 is 5.11 Å². The van der Waals surface area contributed by atoms with E-state index < -0.39 is 0 Å². The molecule has 1 aromatic carbocycles. The summed E-state index contributed by atoms with van der Waals surface area (Å²) in [5.74, 6) is 0.429. The standard InChI is InChI=1S/C16H19BrN2O/c17-15-6-5-13(16-14(15)4-1-7-18-16)10-19-8-2-3-12(9-19)11-20/h1,4-7,12,20H,2-3,8-11H2. The van der Waals surface area contributed by atoms with Gasteiger partial charge in [-0.15, -0.1) is 0 Å². The van der Waals surface area contributed by atoms with Gasteiger partial charge in [-0.2, -0.15) is 0 Å². The Balaban J connectivity index is 1.86. The fourth-order valence-corrected chi connectivity index (χ4v) is 3.46. The first-order chi connectivity index (χ1) is 9.78. The van der Waals surface area contributed by atoms with Gasteiger partial charge in [-0.25, -0.2) is 0 Å². The summed E-state index contributed by atoms with van der Waals surface area (Å²) in [7, 11) is 0. The molecule has 0 spiro atoms. The molecule has 0 amide bonds. The van der Waals surface area contributed by atoms with Crippen LogP contribution in [0.3, 0.4) is 0 Å². The van der Waals surface area contributed by atoms with E-state index in [9.17, 15) is 5.11 Å². The predicted molar refractivity (Wildman–Crippen MR) is 84.5 cm³/mol. The normalized spacial score (nSPS) is 20.4. The van der Waals surface area contributed by atoms with Crippen LogP contribution in [0, 0.1) is 5.92 Å². The van der Waals surface area contributed by atoms with Gasteiger partial charge in [0.2, 0.25) is 0 Å². The zero-order valence-corrected chi connectivity index (χ0v) is 13.0. The van der Waals surface area contributed by atoms with E-state index in [-0.39, 0.29) is 0 Å². The summed E-state index contributed by atoms with van der Waals surface area (Å²) in [6, 6.07) is 8.33. The van der Waals surface area contributed by atoms with E-state index in [0.717, 1.165) is 36.0 Å². The van der Waals surface area contributed by atoms with E-state index in [1.165, 1.54) is 17.4 Å². The number of aromatic nitrogens is 1. The van der Waals surface area contributed by atoms with Gasteiger partial charge in [0.15, 0.2) is 0 Å². The molecule has 1 aromatic heterocycles. The first kappa shape index (κ1) is 14.0. The number of pyridine rings is 1. The van der Waals surface area contributed by atoms with Crippen molar-refractivity contribution in [2.24, 2.45) is 5.92 Å². The van der Waals surface area contributed by atoms with Crippen molar-refractivity contribution in [1.29, 1.82) is 0 Å². The van der Waals surface area contributed by atoms with E-state index in [4.69, 9.17) is 0 Å². The van der Waals surface area contributed by atoms with Gasteiger partial charge in [-0.05, 0) is 43.0 Å². The number of rotatable bonds is 3. The molecule has 20 heavy (non-hydrogen) atoms. The lowest BCUT2D eigenvalue weighted by atomic mass is 9.98. The second-order valence-electron chi connectivity index (χ2n) is 5.53. The monoisotopic (exact) mass is 334 g/mol. The van der Waals surface area contributed by atoms with Crippen molar-refractivity contribution in [3.63, 3.8) is 0 Å². The maximum absolute atomic E-state index is 9.34. The van der Waals surface area contributed by atoms with Gasteiger partial charge in [0.25, 0.3) is 0 Å². The van der Waals surface area contributed by atoms with E-state index in [2.05, 4.69) is 44.0 Å². The lowest BCUT2D eigenvalue weighted by Crippen LogP contribution is -2.36. The first-order valence-corrected chi connectivity index (χ1v) is 7.92. The molecule has 0 aliphatic carbocycles. The fraction of sp³-hybridized carbons (Fsp3) is 0.438. The summed E-state index contributed by atoms with van der Waals surface area (Å²) >= 11 is 3.59. The maximum atomic E-state index is 9.34. The number of benzene rings is 1. The van der Waals surface area contributed by atoms with Gasteiger partial charge >= 0.3 is 0 Å². The number of aliphatic hydroxyl groups is 1. The lowest BCUT2D eigenvalue weighted by molar-refractivity contribution is 0.116. The van der Waals surface area contributed by atoms with E-state index >= 15 is 0 Å². The van der Waals surface area contributed by atoms with Crippen LogP contribution >= 0.6 is 15.9 Å². The minimum Gasteiger partial charge on any atom is -0.396 e. The Morgan fingerprint density at radius 1 is 1.35 bits per heavy atom. The molecule has 4 heteroatoms. The van der Waals surface area contributed by atoms with Crippen LogP contribution in [0.2, 0.25) is 0 Å². The maximum Gasteiger partial charge on any atom is 0.0758 e. The molecule has 0 bridgehead atoms. The minimum absolute atomic E-state index is 0.301. The number of nitrogens with zero attached hydrogens (tertiary/aromatic N) is 2.